The maximum Gasteiger partial charge on any atom is 0.0438 e. The Morgan fingerprint density at radius 3 is 3.00 bits per heavy atom. The van der Waals surface area contributed by atoms with E-state index < -0.39 is 0 Å². The first kappa shape index (κ1) is 6.08. The molecule has 0 radical (unpaired) electrons. The van der Waals surface area contributed by atoms with Crippen LogP contribution in [-0.2, 0) is 0 Å². The fourth-order valence-electron chi connectivity index (χ4n) is 0.527. The summed E-state index contributed by atoms with van der Waals surface area (Å²) in [7, 11) is 1.85. The lowest BCUT2D eigenvalue weighted by molar-refractivity contribution is 1.09. The summed E-state index contributed by atoms with van der Waals surface area (Å²) in [6.45, 7) is 0. The van der Waals surface area contributed by atoms with Gasteiger partial charge in [0.1, 0.15) is 0 Å². The zero-order chi connectivity index (χ0) is 6.53. The van der Waals surface area contributed by atoms with E-state index in [1.165, 1.54) is 0 Å². The minimum atomic E-state index is 1.02. The highest BCUT2D eigenvalue weighted by molar-refractivity contribution is 6.01. The van der Waals surface area contributed by atoms with Gasteiger partial charge in [-0.15, -0.1) is 0 Å². The SMILES string of the molecule is CN/C=C\N=C1\C=CC1. The molecule has 0 aromatic heterocycles. The Labute approximate surface area is 55.0 Å². The van der Waals surface area contributed by atoms with Crippen LogP contribution in [0.15, 0.2) is 29.5 Å². The fourth-order valence-corrected chi connectivity index (χ4v) is 0.527. The zero-order valence-corrected chi connectivity index (χ0v) is 5.46. The van der Waals surface area contributed by atoms with E-state index in [1.807, 2.05) is 13.1 Å². The standard InChI is InChI=1S/C7H10N2/c1-8-5-6-9-7-3-2-4-7/h2-3,5-6,8H,4H2,1H3/b6-5-,9-7-. The Bertz CT molecular complexity index is 166. The van der Waals surface area contributed by atoms with E-state index in [9.17, 15) is 0 Å². The normalized spacial score (nSPS) is 20.8. The van der Waals surface area contributed by atoms with Gasteiger partial charge in [-0.05, 0) is 6.08 Å². The van der Waals surface area contributed by atoms with Gasteiger partial charge in [0.2, 0.25) is 0 Å². The second-order valence-corrected chi connectivity index (χ2v) is 1.83. The number of rotatable bonds is 2. The summed E-state index contributed by atoms with van der Waals surface area (Å²) >= 11 is 0. The molecule has 2 heteroatoms. The first-order valence-electron chi connectivity index (χ1n) is 2.99. The molecule has 0 heterocycles. The summed E-state index contributed by atoms with van der Waals surface area (Å²) in [6, 6.07) is 0. The van der Waals surface area contributed by atoms with Crippen molar-refractivity contribution in [1.29, 1.82) is 0 Å². The van der Waals surface area contributed by atoms with Crippen LogP contribution in [0.1, 0.15) is 6.42 Å². The number of aliphatic imine (C=N–C) groups is 1. The molecule has 48 valence electrons. The molecule has 0 aromatic carbocycles. The van der Waals surface area contributed by atoms with Crippen molar-refractivity contribution in [2.24, 2.45) is 4.99 Å². The van der Waals surface area contributed by atoms with Crippen molar-refractivity contribution in [2.75, 3.05) is 7.05 Å². The Hall–Kier alpha value is -1.05. The number of nitrogens with zero attached hydrogens (tertiary/aromatic N) is 1. The molecule has 0 aromatic rings. The Morgan fingerprint density at radius 1 is 1.78 bits per heavy atom. The molecule has 0 amide bonds. The van der Waals surface area contributed by atoms with Gasteiger partial charge in [-0.3, -0.25) is 4.99 Å². The summed E-state index contributed by atoms with van der Waals surface area (Å²) in [5.74, 6) is 0. The number of nitrogens with one attached hydrogen (secondary N) is 1. The van der Waals surface area contributed by atoms with Gasteiger partial charge in [-0.25, -0.2) is 0 Å². The molecule has 0 saturated heterocycles. The highest BCUT2D eigenvalue weighted by Gasteiger charge is 1.96. The molecular formula is C7H10N2. The van der Waals surface area contributed by atoms with Crippen LogP contribution < -0.4 is 5.32 Å². The molecule has 0 atom stereocenters. The average Bonchev–Trinajstić information content (AvgIpc) is 1.76. The van der Waals surface area contributed by atoms with Gasteiger partial charge in [0.05, 0.1) is 0 Å². The van der Waals surface area contributed by atoms with Crippen LogP contribution >= 0.6 is 0 Å². The maximum absolute atomic E-state index is 4.11. The van der Waals surface area contributed by atoms with E-state index >= 15 is 0 Å². The first-order valence-corrected chi connectivity index (χ1v) is 2.99. The predicted molar refractivity (Wildman–Crippen MR) is 39.4 cm³/mol. The van der Waals surface area contributed by atoms with Crippen LogP contribution in [0.4, 0.5) is 0 Å². The molecule has 1 aliphatic rings. The molecule has 1 N–H and O–H groups in total. The lowest BCUT2D eigenvalue weighted by Gasteiger charge is -2.01. The quantitative estimate of drug-likeness (QED) is 0.582. The van der Waals surface area contributed by atoms with Crippen LogP contribution in [0.25, 0.3) is 0 Å². The average molecular weight is 122 g/mol. The summed E-state index contributed by atoms with van der Waals surface area (Å²) in [4.78, 5) is 4.11. The molecule has 0 fully saturated rings. The number of hydrogen-bond donors (Lipinski definition) is 1. The Balaban J connectivity index is 2.31. The van der Waals surface area contributed by atoms with E-state index in [4.69, 9.17) is 0 Å². The molecule has 0 unspecified atom stereocenters. The molecule has 0 spiro atoms. The van der Waals surface area contributed by atoms with Gasteiger partial charge >= 0.3 is 0 Å². The van der Waals surface area contributed by atoms with Gasteiger partial charge in [0.15, 0.2) is 0 Å². The first-order chi connectivity index (χ1) is 4.43. The largest absolute Gasteiger partial charge is 0.393 e. The van der Waals surface area contributed by atoms with Crippen molar-refractivity contribution >= 4 is 5.71 Å². The highest BCUT2D eigenvalue weighted by Crippen LogP contribution is 2.02. The third kappa shape index (κ3) is 1.72. The lowest BCUT2D eigenvalue weighted by Crippen LogP contribution is -1.99. The van der Waals surface area contributed by atoms with Crippen LogP contribution in [0, 0.1) is 0 Å². The van der Waals surface area contributed by atoms with E-state index in [1.54, 1.807) is 12.4 Å². The van der Waals surface area contributed by atoms with Crippen molar-refractivity contribution in [1.82, 2.24) is 5.32 Å². The van der Waals surface area contributed by atoms with E-state index in [0.29, 0.717) is 0 Å². The molecule has 0 aliphatic heterocycles. The van der Waals surface area contributed by atoms with Crippen molar-refractivity contribution in [3.8, 4) is 0 Å². The maximum atomic E-state index is 4.11. The molecule has 0 saturated carbocycles. The minimum Gasteiger partial charge on any atom is -0.393 e. The molecule has 1 rings (SSSR count). The molecular weight excluding hydrogens is 112 g/mol. The number of allylic oxidation sites excluding steroid dienone is 2. The van der Waals surface area contributed by atoms with Gasteiger partial charge in [0.25, 0.3) is 0 Å². The van der Waals surface area contributed by atoms with E-state index in [-0.39, 0.29) is 0 Å². The van der Waals surface area contributed by atoms with Crippen LogP contribution in [0.3, 0.4) is 0 Å². The zero-order valence-electron chi connectivity index (χ0n) is 5.46. The molecule has 0 bridgehead atoms. The third-order valence-electron chi connectivity index (χ3n) is 1.12. The highest BCUT2D eigenvalue weighted by atomic mass is 14.8. The van der Waals surface area contributed by atoms with Crippen LogP contribution in [0.5, 0.6) is 0 Å². The van der Waals surface area contributed by atoms with Gasteiger partial charge in [-0.2, -0.15) is 0 Å². The Morgan fingerprint density at radius 2 is 2.56 bits per heavy atom. The van der Waals surface area contributed by atoms with E-state index in [0.717, 1.165) is 12.1 Å². The molecule has 2 nitrogen and oxygen atoms in total. The third-order valence-corrected chi connectivity index (χ3v) is 1.12. The lowest BCUT2D eigenvalue weighted by atomic mass is 10.1. The fraction of sp³-hybridized carbons (Fsp3) is 0.286. The van der Waals surface area contributed by atoms with Crippen LogP contribution in [0.2, 0.25) is 0 Å². The summed E-state index contributed by atoms with van der Waals surface area (Å²) in [5, 5.41) is 2.86. The molecule has 9 heavy (non-hydrogen) atoms. The second-order valence-electron chi connectivity index (χ2n) is 1.83. The van der Waals surface area contributed by atoms with Gasteiger partial charge in [0, 0.05) is 31.6 Å². The van der Waals surface area contributed by atoms with Crippen LogP contribution in [-0.4, -0.2) is 12.8 Å². The summed E-state index contributed by atoms with van der Waals surface area (Å²) < 4.78 is 0. The topological polar surface area (TPSA) is 24.4 Å². The minimum absolute atomic E-state index is 1.02. The molecule has 1 aliphatic carbocycles. The Kier molecular flexibility index (Phi) is 2.07. The van der Waals surface area contributed by atoms with Crippen molar-refractivity contribution < 1.29 is 0 Å². The predicted octanol–water partition coefficient (Wildman–Crippen LogP) is 1.08. The van der Waals surface area contributed by atoms with Gasteiger partial charge < -0.3 is 5.32 Å². The van der Waals surface area contributed by atoms with Crippen molar-refractivity contribution in [2.45, 2.75) is 6.42 Å². The monoisotopic (exact) mass is 122 g/mol. The van der Waals surface area contributed by atoms with Crippen molar-refractivity contribution in [3.63, 3.8) is 0 Å². The second kappa shape index (κ2) is 3.07. The summed E-state index contributed by atoms with van der Waals surface area (Å²) in [5.41, 5.74) is 1.15. The number of hydrogen-bond acceptors (Lipinski definition) is 2. The van der Waals surface area contributed by atoms with E-state index in [2.05, 4.69) is 16.4 Å². The van der Waals surface area contributed by atoms with Crippen molar-refractivity contribution in [3.05, 3.63) is 24.6 Å². The van der Waals surface area contributed by atoms with Gasteiger partial charge in [-0.1, -0.05) is 6.08 Å². The smallest absolute Gasteiger partial charge is 0.0438 e. The summed E-state index contributed by atoms with van der Waals surface area (Å²) in [6.07, 6.45) is 8.69.